The maximum Gasteiger partial charge on any atom is 0.238 e. The first-order valence-corrected chi connectivity index (χ1v) is 17.4. The second-order valence-electron chi connectivity index (χ2n) is 13.9. The van der Waals surface area contributed by atoms with Gasteiger partial charge < -0.3 is 14.6 Å². The van der Waals surface area contributed by atoms with Crippen LogP contribution in [0.25, 0.3) is 11.6 Å². The average molecular weight is 692 g/mol. The summed E-state index contributed by atoms with van der Waals surface area (Å²) in [5.41, 5.74) is 2.69. The Morgan fingerprint density at radius 2 is 1.46 bits per heavy atom. The van der Waals surface area contributed by atoms with Gasteiger partial charge in [-0.3, -0.25) is 24.1 Å². The normalized spacial score (nSPS) is 26.5. The Bertz CT molecular complexity index is 2180. The number of ketones is 2. The van der Waals surface area contributed by atoms with Crippen LogP contribution in [-0.4, -0.2) is 42.7 Å². The van der Waals surface area contributed by atoms with E-state index >= 15 is 9.59 Å². The number of benzene rings is 4. The number of nitrogens with zero attached hydrogens (tertiary/aromatic N) is 1. The third-order valence-corrected chi connectivity index (χ3v) is 11.6. The van der Waals surface area contributed by atoms with Crippen molar-refractivity contribution in [1.82, 2.24) is 0 Å². The van der Waals surface area contributed by atoms with Gasteiger partial charge in [-0.05, 0) is 53.7 Å². The molecule has 4 aromatic rings. The topological polar surface area (TPSA) is 110 Å². The summed E-state index contributed by atoms with van der Waals surface area (Å²) in [5, 5.41) is 10.7. The minimum atomic E-state index is -1.48. The standard InChI is InChI=1S/C44H37NO7/c1-4-25-15-17-28(18-16-25)45-42(49)31-20-19-30-33(38(31)43(45)50)23-34-41(48)32(26-11-7-5-8-12-26)24-37(47)44(34,27-13-9-6-10-14-27)40(30)39-35(51-2)21-29(46)22-36(39)52-3/h4-19,21-22,24,31,33-34,38,40,46H,1,20,23H2,2-3H3/t31-,33+,34-,38-,40+,44-/m0/s1. The fourth-order valence-electron chi connectivity index (χ4n) is 9.41. The molecule has 0 radical (unpaired) electrons. The lowest BCUT2D eigenvalue weighted by Crippen LogP contribution is -2.59. The summed E-state index contributed by atoms with van der Waals surface area (Å²) in [6, 6.07) is 28.5. The van der Waals surface area contributed by atoms with E-state index in [9.17, 15) is 14.7 Å². The molecule has 8 rings (SSSR count). The van der Waals surface area contributed by atoms with Crippen LogP contribution in [0.4, 0.5) is 5.69 Å². The van der Waals surface area contributed by atoms with E-state index in [1.165, 1.54) is 37.3 Å². The van der Waals surface area contributed by atoms with Gasteiger partial charge in [0.2, 0.25) is 11.8 Å². The Morgan fingerprint density at radius 3 is 2.08 bits per heavy atom. The number of hydrogen-bond donors (Lipinski definition) is 1. The number of rotatable bonds is 7. The van der Waals surface area contributed by atoms with Gasteiger partial charge in [0.1, 0.15) is 17.2 Å². The van der Waals surface area contributed by atoms with E-state index in [0.717, 1.165) is 11.1 Å². The molecule has 8 heteroatoms. The van der Waals surface area contributed by atoms with Crippen LogP contribution in [0.5, 0.6) is 17.2 Å². The van der Waals surface area contributed by atoms with E-state index in [2.05, 4.69) is 6.58 Å². The Morgan fingerprint density at radius 1 is 0.827 bits per heavy atom. The summed E-state index contributed by atoms with van der Waals surface area (Å²) in [4.78, 5) is 60.6. The molecule has 1 saturated heterocycles. The van der Waals surface area contributed by atoms with Gasteiger partial charge in [-0.25, -0.2) is 0 Å². The molecule has 0 unspecified atom stereocenters. The first-order valence-electron chi connectivity index (χ1n) is 17.4. The number of allylic oxidation sites excluding steroid dienone is 4. The minimum absolute atomic E-state index is 0.0974. The number of phenolic OH excluding ortho intramolecular Hbond substituents is 1. The lowest BCUT2D eigenvalue weighted by atomic mass is 9.44. The molecular formula is C44H37NO7. The molecule has 0 aromatic heterocycles. The Labute approximate surface area is 301 Å². The van der Waals surface area contributed by atoms with Gasteiger partial charge in [-0.1, -0.05) is 97.1 Å². The highest BCUT2D eigenvalue weighted by atomic mass is 16.5. The molecule has 1 N–H and O–H groups in total. The van der Waals surface area contributed by atoms with Gasteiger partial charge in [0.15, 0.2) is 11.6 Å². The average Bonchev–Trinajstić information content (AvgIpc) is 3.44. The number of carbonyl (C=O) groups is 4. The third-order valence-electron chi connectivity index (χ3n) is 11.6. The molecule has 2 amide bonds. The third kappa shape index (κ3) is 4.74. The van der Waals surface area contributed by atoms with Gasteiger partial charge in [0.25, 0.3) is 0 Å². The van der Waals surface area contributed by atoms with Gasteiger partial charge in [-0.2, -0.15) is 0 Å². The number of aromatic hydroxyl groups is 1. The smallest absolute Gasteiger partial charge is 0.238 e. The lowest BCUT2D eigenvalue weighted by molar-refractivity contribution is -0.135. The predicted molar refractivity (Wildman–Crippen MR) is 197 cm³/mol. The summed E-state index contributed by atoms with van der Waals surface area (Å²) < 4.78 is 11.8. The zero-order valence-corrected chi connectivity index (χ0v) is 28.8. The first-order chi connectivity index (χ1) is 25.2. The predicted octanol–water partition coefficient (Wildman–Crippen LogP) is 7.08. The molecule has 260 valence electrons. The number of Topliss-reactive ketones (excluding diaryl/α,β-unsaturated/α-hetero) is 1. The largest absolute Gasteiger partial charge is 0.508 e. The molecule has 0 spiro atoms. The monoisotopic (exact) mass is 691 g/mol. The number of imide groups is 1. The lowest BCUT2D eigenvalue weighted by Gasteiger charge is -2.55. The van der Waals surface area contributed by atoms with Crippen molar-refractivity contribution in [3.05, 3.63) is 144 Å². The fraction of sp³-hybridized carbons (Fsp3) is 0.227. The van der Waals surface area contributed by atoms with Crippen molar-refractivity contribution in [2.24, 2.45) is 23.7 Å². The minimum Gasteiger partial charge on any atom is -0.508 e. The van der Waals surface area contributed by atoms with Crippen LogP contribution in [-0.2, 0) is 24.6 Å². The van der Waals surface area contributed by atoms with Crippen LogP contribution in [0.1, 0.15) is 41.0 Å². The SMILES string of the molecule is C=Cc1ccc(N2C(=O)[C@H]3[C@H](CC=C4[C@H]3C[C@H]3C(=O)C(c5ccccc5)=CC(=O)[C@@]3(c3ccccc3)[C@H]4c3c(OC)cc(O)cc3OC)C2=O)cc1. The highest BCUT2D eigenvalue weighted by Crippen LogP contribution is 2.65. The number of phenols is 1. The van der Waals surface area contributed by atoms with Crippen LogP contribution in [0, 0.1) is 23.7 Å². The van der Waals surface area contributed by atoms with Gasteiger partial charge in [0, 0.05) is 35.1 Å². The molecular weight excluding hydrogens is 654 g/mol. The van der Waals surface area contributed by atoms with Crippen LogP contribution in [0.3, 0.4) is 0 Å². The fourth-order valence-corrected chi connectivity index (χ4v) is 9.41. The van der Waals surface area contributed by atoms with Crippen molar-refractivity contribution in [1.29, 1.82) is 0 Å². The summed E-state index contributed by atoms with van der Waals surface area (Å²) in [6.45, 7) is 3.81. The maximum absolute atomic E-state index is 15.3. The molecule has 0 bridgehead atoms. The molecule has 1 heterocycles. The van der Waals surface area contributed by atoms with Crippen LogP contribution < -0.4 is 14.4 Å². The van der Waals surface area contributed by atoms with Crippen LogP contribution >= 0.6 is 0 Å². The van der Waals surface area contributed by atoms with Crippen molar-refractivity contribution in [2.45, 2.75) is 24.2 Å². The zero-order valence-electron chi connectivity index (χ0n) is 28.8. The molecule has 52 heavy (non-hydrogen) atoms. The van der Waals surface area contributed by atoms with Gasteiger partial charge >= 0.3 is 0 Å². The van der Waals surface area contributed by atoms with E-state index < -0.39 is 35.0 Å². The van der Waals surface area contributed by atoms with E-state index in [4.69, 9.17) is 9.47 Å². The van der Waals surface area contributed by atoms with Crippen LogP contribution in [0.15, 0.2) is 121 Å². The van der Waals surface area contributed by atoms with Crippen molar-refractivity contribution in [2.75, 3.05) is 19.1 Å². The van der Waals surface area contributed by atoms with E-state index in [1.807, 2.05) is 78.9 Å². The molecule has 1 saturated carbocycles. The summed E-state index contributed by atoms with van der Waals surface area (Å²) in [5.74, 6) is -4.43. The zero-order chi connectivity index (χ0) is 36.3. The van der Waals surface area contributed by atoms with Gasteiger partial charge in [0.05, 0.1) is 37.2 Å². The van der Waals surface area contributed by atoms with Gasteiger partial charge in [-0.15, -0.1) is 0 Å². The Kier molecular flexibility index (Phi) is 8.05. The number of methoxy groups -OCH3 is 2. The quantitative estimate of drug-likeness (QED) is 0.163. The highest BCUT2D eigenvalue weighted by Gasteiger charge is 2.66. The highest BCUT2D eigenvalue weighted by molar-refractivity contribution is 6.32. The Hall–Kier alpha value is -6.02. The van der Waals surface area contributed by atoms with E-state index in [0.29, 0.717) is 28.0 Å². The van der Waals surface area contributed by atoms with Crippen molar-refractivity contribution in [3.63, 3.8) is 0 Å². The molecule has 1 aliphatic heterocycles. The number of hydrogen-bond acceptors (Lipinski definition) is 7. The van der Waals surface area contributed by atoms with E-state index in [1.54, 1.807) is 18.2 Å². The summed E-state index contributed by atoms with van der Waals surface area (Å²) in [6.07, 6.45) is 5.59. The van der Waals surface area contributed by atoms with Crippen LogP contribution in [0.2, 0.25) is 0 Å². The molecule has 8 nitrogen and oxygen atoms in total. The maximum atomic E-state index is 15.3. The molecule has 3 aliphatic carbocycles. The molecule has 4 aromatic carbocycles. The second kappa shape index (κ2) is 12.6. The van der Waals surface area contributed by atoms with Crippen molar-refractivity contribution in [3.8, 4) is 17.2 Å². The van der Waals surface area contributed by atoms with E-state index in [-0.39, 0.29) is 53.5 Å². The summed E-state index contributed by atoms with van der Waals surface area (Å²) in [7, 11) is 2.96. The summed E-state index contributed by atoms with van der Waals surface area (Å²) >= 11 is 0. The number of anilines is 1. The molecule has 2 fully saturated rings. The Balaban J connectivity index is 1.39. The van der Waals surface area contributed by atoms with Crippen molar-refractivity contribution >= 4 is 40.7 Å². The second-order valence-corrected chi connectivity index (χ2v) is 13.9. The number of fused-ring (bicyclic) bond motifs is 4. The molecule has 6 atom stereocenters. The molecule has 4 aliphatic rings. The number of carbonyl (C=O) groups excluding carboxylic acids is 4. The first kappa shape index (κ1) is 33.1. The van der Waals surface area contributed by atoms with Crippen molar-refractivity contribution < 1.29 is 33.8 Å². The number of ether oxygens (including phenoxy) is 2. The number of amides is 2.